The Morgan fingerprint density at radius 3 is 2.84 bits per heavy atom. The van der Waals surface area contributed by atoms with E-state index in [4.69, 9.17) is 20.9 Å². The number of likely N-dealkylation sites (N-methyl/N-ethyl adjacent to an activating group) is 1. The van der Waals surface area contributed by atoms with Gasteiger partial charge in [0.25, 0.3) is 0 Å². The molecular weight excluding hydrogens is 264 g/mol. The third-order valence-corrected chi connectivity index (χ3v) is 2.98. The number of nitrogens with zero attached hydrogens (tertiary/aromatic N) is 2. The normalized spacial score (nSPS) is 10.9. The van der Waals surface area contributed by atoms with Crippen molar-refractivity contribution >= 4 is 11.6 Å². The van der Waals surface area contributed by atoms with Crippen LogP contribution in [0.5, 0.6) is 5.75 Å². The van der Waals surface area contributed by atoms with E-state index < -0.39 is 0 Å². The molecule has 2 rings (SSSR count). The van der Waals surface area contributed by atoms with Gasteiger partial charge in [0.1, 0.15) is 12.4 Å². The summed E-state index contributed by atoms with van der Waals surface area (Å²) in [6.45, 7) is 3.98. The second kappa shape index (κ2) is 6.59. The number of aryl methyl sites for hydroxylation is 1. The van der Waals surface area contributed by atoms with Crippen LogP contribution in [0.25, 0.3) is 0 Å². The molecule has 4 nitrogen and oxygen atoms in total. The van der Waals surface area contributed by atoms with E-state index in [9.17, 15) is 0 Å². The van der Waals surface area contributed by atoms with E-state index in [-0.39, 0.29) is 0 Å². The van der Waals surface area contributed by atoms with Gasteiger partial charge in [0, 0.05) is 12.6 Å². The molecule has 0 aliphatic heterocycles. The number of aromatic nitrogens is 1. The number of ether oxygens (including phenoxy) is 1. The first-order valence-electron chi connectivity index (χ1n) is 6.13. The SMILES string of the molecule is Cc1cc(CN(C)CCOc2ccccc2Cl)on1. The summed E-state index contributed by atoms with van der Waals surface area (Å²) in [5.74, 6) is 1.57. The molecule has 5 heteroatoms. The molecule has 0 spiro atoms. The molecule has 0 saturated carbocycles. The van der Waals surface area contributed by atoms with E-state index in [1.54, 1.807) is 0 Å². The summed E-state index contributed by atoms with van der Waals surface area (Å²) >= 11 is 6.01. The maximum Gasteiger partial charge on any atom is 0.150 e. The summed E-state index contributed by atoms with van der Waals surface area (Å²) in [6.07, 6.45) is 0. The Morgan fingerprint density at radius 1 is 1.37 bits per heavy atom. The van der Waals surface area contributed by atoms with Gasteiger partial charge in [-0.05, 0) is 26.1 Å². The molecule has 1 aromatic carbocycles. The van der Waals surface area contributed by atoms with Crippen molar-refractivity contribution in [3.8, 4) is 5.75 Å². The van der Waals surface area contributed by atoms with Crippen molar-refractivity contribution in [1.82, 2.24) is 10.1 Å². The van der Waals surface area contributed by atoms with Crippen LogP contribution in [0.4, 0.5) is 0 Å². The van der Waals surface area contributed by atoms with Crippen LogP contribution in [0.2, 0.25) is 5.02 Å². The van der Waals surface area contributed by atoms with Crippen LogP contribution in [0.3, 0.4) is 0 Å². The summed E-state index contributed by atoms with van der Waals surface area (Å²) < 4.78 is 10.8. The topological polar surface area (TPSA) is 38.5 Å². The molecule has 0 saturated heterocycles. The lowest BCUT2D eigenvalue weighted by atomic mass is 10.3. The molecule has 0 aliphatic rings. The second-order valence-electron chi connectivity index (χ2n) is 4.45. The average molecular weight is 281 g/mol. The van der Waals surface area contributed by atoms with E-state index in [2.05, 4.69) is 10.1 Å². The highest BCUT2D eigenvalue weighted by atomic mass is 35.5. The van der Waals surface area contributed by atoms with Gasteiger partial charge in [-0.2, -0.15) is 0 Å². The van der Waals surface area contributed by atoms with Crippen LogP contribution in [0.1, 0.15) is 11.5 Å². The first-order valence-corrected chi connectivity index (χ1v) is 6.51. The van der Waals surface area contributed by atoms with Gasteiger partial charge in [0.05, 0.1) is 17.3 Å². The maximum atomic E-state index is 6.01. The Balaban J connectivity index is 1.75. The van der Waals surface area contributed by atoms with Crippen molar-refractivity contribution in [3.63, 3.8) is 0 Å². The zero-order chi connectivity index (χ0) is 13.7. The Kier molecular flexibility index (Phi) is 4.82. The fourth-order valence-corrected chi connectivity index (χ4v) is 1.90. The lowest BCUT2D eigenvalue weighted by Crippen LogP contribution is -2.23. The monoisotopic (exact) mass is 280 g/mol. The highest BCUT2D eigenvalue weighted by Crippen LogP contribution is 2.22. The average Bonchev–Trinajstić information content (AvgIpc) is 2.77. The van der Waals surface area contributed by atoms with Crippen LogP contribution in [0.15, 0.2) is 34.9 Å². The largest absolute Gasteiger partial charge is 0.491 e. The second-order valence-corrected chi connectivity index (χ2v) is 4.86. The Morgan fingerprint density at radius 2 is 2.16 bits per heavy atom. The summed E-state index contributed by atoms with van der Waals surface area (Å²) in [7, 11) is 2.01. The van der Waals surface area contributed by atoms with Crippen molar-refractivity contribution in [2.75, 3.05) is 20.2 Å². The molecule has 1 aromatic heterocycles. The van der Waals surface area contributed by atoms with E-state index in [0.29, 0.717) is 23.9 Å². The van der Waals surface area contributed by atoms with Crippen molar-refractivity contribution in [3.05, 3.63) is 46.8 Å². The van der Waals surface area contributed by atoms with Gasteiger partial charge in [-0.25, -0.2) is 0 Å². The molecule has 2 aromatic rings. The highest BCUT2D eigenvalue weighted by molar-refractivity contribution is 6.32. The third-order valence-electron chi connectivity index (χ3n) is 2.67. The number of hydrogen-bond donors (Lipinski definition) is 0. The summed E-state index contributed by atoms with van der Waals surface area (Å²) in [5, 5.41) is 4.49. The van der Waals surface area contributed by atoms with Crippen LogP contribution >= 0.6 is 11.6 Å². The van der Waals surface area contributed by atoms with Gasteiger partial charge in [0.15, 0.2) is 5.76 Å². The quantitative estimate of drug-likeness (QED) is 0.815. The number of para-hydroxylation sites is 1. The summed E-state index contributed by atoms with van der Waals surface area (Å²) in [5.41, 5.74) is 0.899. The molecule has 0 amide bonds. The Hall–Kier alpha value is -1.52. The minimum atomic E-state index is 0.577. The van der Waals surface area contributed by atoms with Gasteiger partial charge >= 0.3 is 0 Å². The third kappa shape index (κ3) is 4.26. The molecule has 0 N–H and O–H groups in total. The standard InChI is InChI=1S/C14H17ClN2O2/c1-11-9-12(19-16-11)10-17(2)7-8-18-14-6-4-3-5-13(14)15/h3-6,9H,7-8,10H2,1-2H3. The molecule has 0 fully saturated rings. The van der Waals surface area contributed by atoms with Crippen LogP contribution in [-0.2, 0) is 6.54 Å². The molecule has 0 radical (unpaired) electrons. The van der Waals surface area contributed by atoms with Gasteiger partial charge in [-0.3, -0.25) is 4.90 Å². The Labute approximate surface area is 117 Å². The molecular formula is C14H17ClN2O2. The molecule has 0 bridgehead atoms. The van der Waals surface area contributed by atoms with Crippen molar-refractivity contribution in [2.45, 2.75) is 13.5 Å². The summed E-state index contributed by atoms with van der Waals surface area (Å²) in [4.78, 5) is 2.11. The zero-order valence-electron chi connectivity index (χ0n) is 11.1. The first-order chi connectivity index (χ1) is 9.15. The van der Waals surface area contributed by atoms with Crippen LogP contribution in [0, 0.1) is 6.92 Å². The van der Waals surface area contributed by atoms with E-state index in [1.165, 1.54) is 0 Å². The smallest absolute Gasteiger partial charge is 0.150 e. The lowest BCUT2D eigenvalue weighted by Gasteiger charge is -2.15. The zero-order valence-corrected chi connectivity index (χ0v) is 11.9. The van der Waals surface area contributed by atoms with Crippen molar-refractivity contribution in [1.29, 1.82) is 0 Å². The number of benzene rings is 1. The number of rotatable bonds is 6. The number of halogens is 1. The highest BCUT2D eigenvalue weighted by Gasteiger charge is 2.06. The molecule has 1 heterocycles. The van der Waals surface area contributed by atoms with Gasteiger partial charge < -0.3 is 9.26 Å². The Bertz CT molecular complexity index is 528. The predicted octanol–water partition coefficient (Wildman–Crippen LogP) is 3.15. The fraction of sp³-hybridized carbons (Fsp3) is 0.357. The molecule has 102 valence electrons. The number of hydrogen-bond acceptors (Lipinski definition) is 4. The van der Waals surface area contributed by atoms with E-state index >= 15 is 0 Å². The lowest BCUT2D eigenvalue weighted by molar-refractivity contribution is 0.215. The van der Waals surface area contributed by atoms with Crippen LogP contribution < -0.4 is 4.74 Å². The van der Waals surface area contributed by atoms with Crippen LogP contribution in [-0.4, -0.2) is 30.3 Å². The fourth-order valence-electron chi connectivity index (χ4n) is 1.71. The summed E-state index contributed by atoms with van der Waals surface area (Å²) in [6, 6.07) is 9.40. The molecule has 19 heavy (non-hydrogen) atoms. The van der Waals surface area contributed by atoms with Crippen molar-refractivity contribution < 1.29 is 9.26 Å². The van der Waals surface area contributed by atoms with Gasteiger partial charge in [0.2, 0.25) is 0 Å². The van der Waals surface area contributed by atoms with E-state index in [1.807, 2.05) is 44.3 Å². The van der Waals surface area contributed by atoms with Crippen molar-refractivity contribution in [2.24, 2.45) is 0 Å². The first kappa shape index (κ1) is 13.9. The van der Waals surface area contributed by atoms with Gasteiger partial charge in [-0.15, -0.1) is 0 Å². The molecule has 0 aliphatic carbocycles. The predicted molar refractivity (Wildman–Crippen MR) is 74.5 cm³/mol. The molecule has 0 unspecified atom stereocenters. The molecule has 0 atom stereocenters. The van der Waals surface area contributed by atoms with E-state index in [0.717, 1.165) is 18.0 Å². The van der Waals surface area contributed by atoms with Gasteiger partial charge in [-0.1, -0.05) is 28.9 Å². The minimum Gasteiger partial charge on any atom is -0.491 e. The maximum absolute atomic E-state index is 6.01. The minimum absolute atomic E-state index is 0.577.